The predicted molar refractivity (Wildman–Crippen MR) is 94.2 cm³/mol. The van der Waals surface area contributed by atoms with Crippen LogP contribution in [0.1, 0.15) is 37.7 Å². The largest absolute Gasteiger partial charge is 0.354 e. The standard InChI is InChI=1S/C18H24ClN3O2/c19-15-6-4-14(5-7-15)18(8-2-1-3-9-18)16(23)20-10-12-22-13-11-21-17(22)24/h4-7H,1-3,8-13H2,(H,20,23)(H,21,24). The highest BCUT2D eigenvalue weighted by Gasteiger charge is 2.40. The first-order chi connectivity index (χ1) is 11.6. The van der Waals surface area contributed by atoms with Gasteiger partial charge in [-0.3, -0.25) is 4.79 Å². The highest BCUT2D eigenvalue weighted by Crippen LogP contribution is 2.40. The zero-order chi connectivity index (χ0) is 17.0. The third-order valence-electron chi connectivity index (χ3n) is 5.15. The highest BCUT2D eigenvalue weighted by atomic mass is 35.5. The molecule has 0 radical (unpaired) electrons. The van der Waals surface area contributed by atoms with E-state index in [1.54, 1.807) is 4.90 Å². The van der Waals surface area contributed by atoms with Crippen molar-refractivity contribution in [3.05, 3.63) is 34.9 Å². The van der Waals surface area contributed by atoms with E-state index in [0.717, 1.165) is 31.2 Å². The molecule has 1 saturated heterocycles. The van der Waals surface area contributed by atoms with Crippen LogP contribution in [0.25, 0.3) is 0 Å². The predicted octanol–water partition coefficient (Wildman–Crippen LogP) is 2.68. The molecule has 0 spiro atoms. The van der Waals surface area contributed by atoms with Gasteiger partial charge in [-0.1, -0.05) is 43.0 Å². The van der Waals surface area contributed by atoms with Crippen LogP contribution in [0.5, 0.6) is 0 Å². The third kappa shape index (κ3) is 3.51. The van der Waals surface area contributed by atoms with Crippen molar-refractivity contribution >= 4 is 23.5 Å². The van der Waals surface area contributed by atoms with Gasteiger partial charge in [0.15, 0.2) is 0 Å². The Hall–Kier alpha value is -1.75. The quantitative estimate of drug-likeness (QED) is 0.858. The number of hydrogen-bond donors (Lipinski definition) is 2. The molecule has 1 aliphatic heterocycles. The van der Waals surface area contributed by atoms with E-state index in [2.05, 4.69) is 10.6 Å². The van der Waals surface area contributed by atoms with Crippen molar-refractivity contribution in [2.45, 2.75) is 37.5 Å². The molecule has 1 aromatic rings. The number of rotatable bonds is 5. The van der Waals surface area contributed by atoms with Crippen LogP contribution >= 0.6 is 11.6 Å². The van der Waals surface area contributed by atoms with Crippen LogP contribution in [0.15, 0.2) is 24.3 Å². The summed E-state index contributed by atoms with van der Waals surface area (Å²) in [7, 11) is 0. The second kappa shape index (κ2) is 7.43. The SMILES string of the molecule is O=C1NCCN1CCNC(=O)C1(c2ccc(Cl)cc2)CCCCC1. The van der Waals surface area contributed by atoms with Crippen LogP contribution in [0.4, 0.5) is 4.79 Å². The van der Waals surface area contributed by atoms with Crippen LogP contribution < -0.4 is 10.6 Å². The fourth-order valence-corrected chi connectivity index (χ4v) is 3.90. The van der Waals surface area contributed by atoms with Crippen LogP contribution in [0, 0.1) is 0 Å². The maximum atomic E-state index is 13.0. The van der Waals surface area contributed by atoms with Crippen LogP contribution in [-0.4, -0.2) is 43.0 Å². The number of carbonyl (C=O) groups excluding carboxylic acids is 2. The van der Waals surface area contributed by atoms with Gasteiger partial charge in [-0.05, 0) is 30.5 Å². The minimum atomic E-state index is -0.462. The molecule has 0 bridgehead atoms. The van der Waals surface area contributed by atoms with E-state index >= 15 is 0 Å². The summed E-state index contributed by atoms with van der Waals surface area (Å²) in [5.74, 6) is 0.0733. The molecular weight excluding hydrogens is 326 g/mol. The molecule has 5 nitrogen and oxygen atoms in total. The van der Waals surface area contributed by atoms with Crippen molar-refractivity contribution in [1.82, 2.24) is 15.5 Å². The zero-order valence-electron chi connectivity index (χ0n) is 13.8. The van der Waals surface area contributed by atoms with E-state index in [0.29, 0.717) is 31.2 Å². The first-order valence-electron chi connectivity index (χ1n) is 8.69. The van der Waals surface area contributed by atoms with Crippen LogP contribution in [-0.2, 0) is 10.2 Å². The molecule has 2 fully saturated rings. The Morgan fingerprint density at radius 1 is 1.21 bits per heavy atom. The Kier molecular flexibility index (Phi) is 5.29. The fourth-order valence-electron chi connectivity index (χ4n) is 3.77. The van der Waals surface area contributed by atoms with Gasteiger partial charge in [-0.2, -0.15) is 0 Å². The Balaban J connectivity index is 1.67. The second-order valence-corrected chi connectivity index (χ2v) is 7.06. The van der Waals surface area contributed by atoms with Gasteiger partial charge >= 0.3 is 6.03 Å². The Labute approximate surface area is 147 Å². The average Bonchev–Trinajstić information content (AvgIpc) is 3.01. The molecule has 130 valence electrons. The topological polar surface area (TPSA) is 61.4 Å². The number of nitrogens with zero attached hydrogens (tertiary/aromatic N) is 1. The number of carbonyl (C=O) groups is 2. The minimum absolute atomic E-state index is 0.0469. The summed E-state index contributed by atoms with van der Waals surface area (Å²) in [5.41, 5.74) is 0.582. The lowest BCUT2D eigenvalue weighted by Crippen LogP contribution is -2.48. The molecule has 2 aliphatic rings. The van der Waals surface area contributed by atoms with Crippen molar-refractivity contribution in [2.24, 2.45) is 0 Å². The summed E-state index contributed by atoms with van der Waals surface area (Å²) < 4.78 is 0. The summed E-state index contributed by atoms with van der Waals surface area (Å²) in [6.07, 6.45) is 5.03. The molecule has 3 amide bonds. The first kappa shape index (κ1) is 17.1. The van der Waals surface area contributed by atoms with Crippen LogP contribution in [0.3, 0.4) is 0 Å². The van der Waals surface area contributed by atoms with Crippen LogP contribution in [0.2, 0.25) is 5.02 Å². The van der Waals surface area contributed by atoms with Gasteiger partial charge in [0.05, 0.1) is 5.41 Å². The van der Waals surface area contributed by atoms with Gasteiger partial charge in [0.1, 0.15) is 0 Å². The van der Waals surface area contributed by atoms with E-state index in [9.17, 15) is 9.59 Å². The molecule has 0 aromatic heterocycles. The highest BCUT2D eigenvalue weighted by molar-refractivity contribution is 6.30. The van der Waals surface area contributed by atoms with Crippen molar-refractivity contribution < 1.29 is 9.59 Å². The van der Waals surface area contributed by atoms with E-state index in [-0.39, 0.29) is 11.9 Å². The second-order valence-electron chi connectivity index (χ2n) is 6.62. The monoisotopic (exact) mass is 349 g/mol. The molecule has 3 rings (SSSR count). The fraction of sp³-hybridized carbons (Fsp3) is 0.556. The maximum Gasteiger partial charge on any atom is 0.317 e. The zero-order valence-corrected chi connectivity index (χ0v) is 14.6. The molecule has 2 N–H and O–H groups in total. The van der Waals surface area contributed by atoms with E-state index < -0.39 is 5.41 Å². The summed E-state index contributed by atoms with van der Waals surface area (Å²) in [6.45, 7) is 2.42. The number of halogens is 1. The Morgan fingerprint density at radius 2 is 1.92 bits per heavy atom. The Bertz CT molecular complexity index is 597. The molecular formula is C18H24ClN3O2. The minimum Gasteiger partial charge on any atom is -0.354 e. The summed E-state index contributed by atoms with van der Waals surface area (Å²) in [4.78, 5) is 26.3. The van der Waals surface area contributed by atoms with Crippen molar-refractivity contribution in [1.29, 1.82) is 0 Å². The number of benzene rings is 1. The van der Waals surface area contributed by atoms with Crippen molar-refractivity contribution in [2.75, 3.05) is 26.2 Å². The molecule has 0 atom stereocenters. The van der Waals surface area contributed by atoms with Crippen molar-refractivity contribution in [3.63, 3.8) is 0 Å². The first-order valence-corrected chi connectivity index (χ1v) is 9.07. The lowest BCUT2D eigenvalue weighted by atomic mass is 9.68. The Morgan fingerprint density at radius 3 is 2.54 bits per heavy atom. The smallest absolute Gasteiger partial charge is 0.317 e. The molecule has 1 aliphatic carbocycles. The summed E-state index contributed by atoms with van der Waals surface area (Å²) in [6, 6.07) is 7.61. The molecule has 1 heterocycles. The van der Waals surface area contributed by atoms with Gasteiger partial charge in [0.25, 0.3) is 0 Å². The summed E-state index contributed by atoms with van der Waals surface area (Å²) in [5, 5.41) is 6.52. The van der Waals surface area contributed by atoms with E-state index in [4.69, 9.17) is 11.6 Å². The van der Waals surface area contributed by atoms with Gasteiger partial charge in [-0.15, -0.1) is 0 Å². The van der Waals surface area contributed by atoms with Gasteiger partial charge in [0, 0.05) is 31.2 Å². The van der Waals surface area contributed by atoms with Gasteiger partial charge in [0.2, 0.25) is 5.91 Å². The van der Waals surface area contributed by atoms with Gasteiger partial charge < -0.3 is 15.5 Å². The van der Waals surface area contributed by atoms with Gasteiger partial charge in [-0.25, -0.2) is 4.79 Å². The number of nitrogens with one attached hydrogen (secondary N) is 2. The van der Waals surface area contributed by atoms with E-state index in [1.165, 1.54) is 6.42 Å². The number of amides is 3. The molecule has 24 heavy (non-hydrogen) atoms. The number of urea groups is 1. The lowest BCUT2D eigenvalue weighted by molar-refractivity contribution is -0.128. The number of hydrogen-bond acceptors (Lipinski definition) is 2. The molecule has 1 aromatic carbocycles. The average molecular weight is 350 g/mol. The molecule has 6 heteroatoms. The normalized spacial score (nSPS) is 19.9. The molecule has 0 unspecified atom stereocenters. The third-order valence-corrected chi connectivity index (χ3v) is 5.40. The summed E-state index contributed by atoms with van der Waals surface area (Å²) >= 11 is 6.00. The van der Waals surface area contributed by atoms with E-state index in [1.807, 2.05) is 24.3 Å². The lowest BCUT2D eigenvalue weighted by Gasteiger charge is -2.36. The molecule has 1 saturated carbocycles. The van der Waals surface area contributed by atoms with Crippen molar-refractivity contribution in [3.8, 4) is 0 Å². The maximum absolute atomic E-state index is 13.0.